The number of hydrogen-bond donors (Lipinski definition) is 1. The molecule has 0 aromatic heterocycles. The number of nitrogens with zero attached hydrogens (tertiary/aromatic N) is 1. The molecule has 0 spiro atoms. The Morgan fingerprint density at radius 3 is 2.52 bits per heavy atom. The first-order valence-electron chi connectivity index (χ1n) is 9.86. The number of rotatable bonds is 4. The van der Waals surface area contributed by atoms with Gasteiger partial charge in [0.25, 0.3) is 12.1 Å². The summed E-state index contributed by atoms with van der Waals surface area (Å²) in [5.74, 6) is 1.48. The smallest absolute Gasteiger partial charge is 0.277 e. The maximum absolute atomic E-state index is 13.6. The van der Waals surface area contributed by atoms with Gasteiger partial charge in [-0.3, -0.25) is 0 Å². The Labute approximate surface area is 160 Å². The molecule has 2 saturated carbocycles. The molecule has 27 heavy (non-hydrogen) atoms. The van der Waals surface area contributed by atoms with Gasteiger partial charge >= 0.3 is 0 Å². The van der Waals surface area contributed by atoms with Gasteiger partial charge in [0.1, 0.15) is 18.2 Å². The molecule has 2 aliphatic carbocycles. The Morgan fingerprint density at radius 2 is 1.78 bits per heavy atom. The van der Waals surface area contributed by atoms with E-state index in [-0.39, 0.29) is 12.4 Å². The standard InChI is InChI=1S/C23H26FN2O/c24-23-4-2-1-3-17(23)15-27-21-11-5-16(6-12-21)22-13-18(22)14-26-20-9-7-19(25)8-10-20/h1-6,11-12,18-20,22H,7-10,13,15,25H2/q+1/t18?,19?,20?,22-/m1/s1. The first-order chi connectivity index (χ1) is 13.2. The highest BCUT2D eigenvalue weighted by atomic mass is 19.1. The van der Waals surface area contributed by atoms with Crippen molar-refractivity contribution in [3.8, 4) is 11.8 Å². The average molecular weight is 365 g/mol. The van der Waals surface area contributed by atoms with Gasteiger partial charge < -0.3 is 10.5 Å². The quantitative estimate of drug-likeness (QED) is 0.818. The van der Waals surface area contributed by atoms with Gasteiger partial charge in [0.2, 0.25) is 0 Å². The minimum Gasteiger partial charge on any atom is -0.489 e. The van der Waals surface area contributed by atoms with Crippen LogP contribution in [0, 0.1) is 17.8 Å². The molecule has 4 rings (SSSR count). The van der Waals surface area contributed by atoms with Crippen LogP contribution < -0.4 is 10.5 Å². The molecule has 0 saturated heterocycles. The lowest BCUT2D eigenvalue weighted by Crippen LogP contribution is -2.27. The van der Waals surface area contributed by atoms with E-state index in [1.54, 1.807) is 12.1 Å². The molecular weight excluding hydrogens is 339 g/mol. The molecule has 2 N–H and O–H groups in total. The summed E-state index contributed by atoms with van der Waals surface area (Å²) in [4.78, 5) is 4.68. The molecule has 2 aliphatic rings. The lowest BCUT2D eigenvalue weighted by Gasteiger charge is -2.15. The largest absolute Gasteiger partial charge is 0.489 e. The fraction of sp³-hybridized carbons (Fsp3) is 0.435. The summed E-state index contributed by atoms with van der Waals surface area (Å²) in [7, 11) is 0. The van der Waals surface area contributed by atoms with Crippen LogP contribution in [0.4, 0.5) is 4.39 Å². The van der Waals surface area contributed by atoms with Gasteiger partial charge in [0.15, 0.2) is 0 Å². The van der Waals surface area contributed by atoms with Gasteiger partial charge in [-0.15, -0.1) is 0 Å². The van der Waals surface area contributed by atoms with Crippen LogP contribution in [-0.4, -0.2) is 12.1 Å². The Bertz CT molecular complexity index is 831. The van der Waals surface area contributed by atoms with E-state index in [4.69, 9.17) is 10.5 Å². The first-order valence-corrected chi connectivity index (χ1v) is 9.86. The zero-order chi connectivity index (χ0) is 18.6. The van der Waals surface area contributed by atoms with Crippen LogP contribution in [0.25, 0.3) is 4.85 Å². The lowest BCUT2D eigenvalue weighted by atomic mass is 9.92. The second-order valence-electron chi connectivity index (χ2n) is 7.72. The Morgan fingerprint density at radius 1 is 1.04 bits per heavy atom. The summed E-state index contributed by atoms with van der Waals surface area (Å²) in [5, 5.41) is 0. The number of benzene rings is 2. The van der Waals surface area contributed by atoms with Crippen molar-refractivity contribution in [3.05, 3.63) is 70.3 Å². The number of hydrogen-bond acceptors (Lipinski definition) is 2. The molecule has 1 unspecified atom stereocenters. The van der Waals surface area contributed by atoms with Crippen molar-refractivity contribution in [2.45, 2.75) is 56.7 Å². The maximum Gasteiger partial charge on any atom is 0.277 e. The minimum atomic E-state index is -0.232. The van der Waals surface area contributed by atoms with E-state index in [0.717, 1.165) is 37.9 Å². The van der Waals surface area contributed by atoms with Crippen molar-refractivity contribution >= 4 is 0 Å². The second kappa shape index (κ2) is 8.10. The predicted octanol–water partition coefficient (Wildman–Crippen LogP) is 5.11. The van der Waals surface area contributed by atoms with Crippen molar-refractivity contribution in [3.63, 3.8) is 0 Å². The molecule has 2 fully saturated rings. The molecule has 0 heterocycles. The number of nitrogens with two attached hydrogens (primary N) is 1. The summed E-state index contributed by atoms with van der Waals surface area (Å²) < 4.78 is 19.3. The van der Waals surface area contributed by atoms with Crippen LogP contribution in [0.1, 0.15) is 49.1 Å². The van der Waals surface area contributed by atoms with Crippen LogP contribution in [-0.2, 0) is 6.61 Å². The summed E-state index contributed by atoms with van der Waals surface area (Å²) in [6, 6.07) is 19.0. The fourth-order valence-electron chi connectivity index (χ4n) is 3.73. The number of ether oxygens (including phenoxy) is 1. The van der Waals surface area contributed by atoms with Gasteiger partial charge in [-0.05, 0) is 43.0 Å². The predicted molar refractivity (Wildman–Crippen MR) is 106 cm³/mol. The molecule has 2 aromatic rings. The van der Waals surface area contributed by atoms with Gasteiger partial charge in [0.05, 0.1) is 5.92 Å². The van der Waals surface area contributed by atoms with E-state index in [1.807, 2.05) is 18.2 Å². The van der Waals surface area contributed by atoms with Crippen molar-refractivity contribution in [2.24, 2.45) is 11.7 Å². The average Bonchev–Trinajstić information content (AvgIpc) is 3.47. The van der Waals surface area contributed by atoms with Gasteiger partial charge in [0, 0.05) is 30.4 Å². The van der Waals surface area contributed by atoms with Gasteiger partial charge in [-0.2, -0.15) is 0 Å². The fourth-order valence-corrected chi connectivity index (χ4v) is 3.73. The zero-order valence-corrected chi connectivity index (χ0v) is 15.5. The minimum absolute atomic E-state index is 0.232. The molecule has 4 heteroatoms. The highest BCUT2D eigenvalue weighted by Crippen LogP contribution is 2.47. The summed E-state index contributed by atoms with van der Waals surface area (Å²) in [5.41, 5.74) is 7.81. The van der Waals surface area contributed by atoms with Gasteiger partial charge in [-0.1, -0.05) is 35.2 Å². The van der Waals surface area contributed by atoms with Crippen LogP contribution in [0.3, 0.4) is 0 Å². The molecule has 3 nitrogen and oxygen atoms in total. The van der Waals surface area contributed by atoms with E-state index < -0.39 is 0 Å². The third kappa shape index (κ3) is 4.67. The Kier molecular flexibility index (Phi) is 5.40. The normalized spacial score (nSPS) is 26.7. The molecule has 2 atom stereocenters. The molecular formula is C23H26FN2O+. The van der Waals surface area contributed by atoms with Crippen LogP contribution >= 0.6 is 0 Å². The van der Waals surface area contributed by atoms with Crippen molar-refractivity contribution < 1.29 is 9.13 Å². The molecule has 0 amide bonds. The highest BCUT2D eigenvalue weighted by Gasteiger charge is 2.42. The van der Waals surface area contributed by atoms with E-state index in [1.165, 1.54) is 11.6 Å². The number of halogens is 1. The Hall–Kier alpha value is -2.38. The maximum atomic E-state index is 13.6. The van der Waals surface area contributed by atoms with Crippen LogP contribution in [0.5, 0.6) is 5.75 Å². The SMILES string of the molecule is NC1CCC([N+]#CC2C[C@@H]2c2ccc(OCc3ccccc3F)cc2)CC1. The highest BCUT2D eigenvalue weighted by molar-refractivity contribution is 5.35. The van der Waals surface area contributed by atoms with Crippen molar-refractivity contribution in [1.82, 2.24) is 0 Å². The van der Waals surface area contributed by atoms with Crippen LogP contribution in [0.2, 0.25) is 0 Å². The molecule has 0 bridgehead atoms. The summed E-state index contributed by atoms with van der Waals surface area (Å²) >= 11 is 0. The molecule has 0 radical (unpaired) electrons. The monoisotopic (exact) mass is 365 g/mol. The summed E-state index contributed by atoms with van der Waals surface area (Å²) in [6.45, 7) is 0.240. The zero-order valence-electron chi connectivity index (χ0n) is 15.5. The molecule has 140 valence electrons. The van der Waals surface area contributed by atoms with Crippen molar-refractivity contribution in [1.29, 1.82) is 0 Å². The van der Waals surface area contributed by atoms with E-state index >= 15 is 0 Å². The van der Waals surface area contributed by atoms with Gasteiger partial charge in [-0.25, -0.2) is 4.39 Å². The van der Waals surface area contributed by atoms with E-state index in [2.05, 4.69) is 23.0 Å². The third-order valence-electron chi connectivity index (χ3n) is 5.62. The van der Waals surface area contributed by atoms with E-state index in [0.29, 0.717) is 29.5 Å². The topological polar surface area (TPSA) is 39.6 Å². The second-order valence-corrected chi connectivity index (χ2v) is 7.72. The lowest BCUT2D eigenvalue weighted by molar-refractivity contribution is 0.300. The molecule has 2 aromatic carbocycles. The van der Waals surface area contributed by atoms with Crippen LogP contribution in [0.15, 0.2) is 48.5 Å². The Balaban J connectivity index is 1.28. The van der Waals surface area contributed by atoms with Crippen molar-refractivity contribution in [2.75, 3.05) is 0 Å². The van der Waals surface area contributed by atoms with E-state index in [9.17, 15) is 4.39 Å². The first kappa shape index (κ1) is 18.0. The summed E-state index contributed by atoms with van der Waals surface area (Å²) in [6.07, 6.45) is 5.47. The molecule has 0 aliphatic heterocycles. The third-order valence-corrected chi connectivity index (χ3v) is 5.62.